The molecule has 0 bridgehead atoms. The molecule has 0 unspecified atom stereocenters. The first-order chi connectivity index (χ1) is 15.0. The number of fused-ring (bicyclic) bond motifs is 1. The van der Waals surface area contributed by atoms with E-state index in [2.05, 4.69) is 4.90 Å². The highest BCUT2D eigenvalue weighted by Gasteiger charge is 2.21. The van der Waals surface area contributed by atoms with Gasteiger partial charge in [0.1, 0.15) is 12.2 Å². The van der Waals surface area contributed by atoms with Crippen LogP contribution >= 0.6 is 0 Å². The van der Waals surface area contributed by atoms with Crippen LogP contribution in [0.4, 0.5) is 0 Å². The summed E-state index contributed by atoms with van der Waals surface area (Å²) in [4.78, 5) is 40.0. The molecule has 31 heavy (non-hydrogen) atoms. The van der Waals surface area contributed by atoms with Crippen LogP contribution in [0.3, 0.4) is 0 Å². The smallest absolute Gasteiger partial charge is 0.341 e. The van der Waals surface area contributed by atoms with E-state index in [1.807, 2.05) is 30.3 Å². The monoisotopic (exact) mass is 423 g/mol. The lowest BCUT2D eigenvalue weighted by molar-refractivity contribution is 0.0694. The second-order valence-electron chi connectivity index (χ2n) is 7.74. The molecule has 162 valence electrons. The van der Waals surface area contributed by atoms with Gasteiger partial charge in [-0.05, 0) is 31.5 Å². The molecular formula is C23H25N3O5. The highest BCUT2D eigenvalue weighted by Crippen LogP contribution is 2.16. The number of rotatable bonds is 7. The van der Waals surface area contributed by atoms with Gasteiger partial charge < -0.3 is 23.7 Å². The van der Waals surface area contributed by atoms with Crippen LogP contribution in [0.5, 0.6) is 5.75 Å². The third-order valence-electron chi connectivity index (χ3n) is 5.63. The van der Waals surface area contributed by atoms with E-state index in [1.54, 1.807) is 17.0 Å². The standard InChI is InChI=1S/C23H25N3O5/c27-20-18(23(29)30)15-26-14-13-25(12-11-24-9-5-2-6-10-24)22(28)19(26)21(20)31-16-17-7-3-1-4-8-17/h1,3-4,7-8,13-15H,2,5-6,9-12,16H2,(H,29,30). The number of carbonyl (C=O) groups is 1. The molecule has 1 aromatic carbocycles. The summed E-state index contributed by atoms with van der Waals surface area (Å²) in [5, 5.41) is 9.43. The molecule has 0 spiro atoms. The van der Waals surface area contributed by atoms with Gasteiger partial charge in [-0.2, -0.15) is 0 Å². The summed E-state index contributed by atoms with van der Waals surface area (Å²) in [7, 11) is 0. The minimum absolute atomic E-state index is 0.0482. The van der Waals surface area contributed by atoms with Crippen LogP contribution in [-0.4, -0.2) is 44.6 Å². The minimum atomic E-state index is -1.36. The normalized spacial score (nSPS) is 14.6. The Morgan fingerprint density at radius 2 is 1.74 bits per heavy atom. The number of pyridine rings is 1. The molecule has 2 aromatic heterocycles. The zero-order chi connectivity index (χ0) is 21.8. The van der Waals surface area contributed by atoms with E-state index in [9.17, 15) is 19.5 Å². The van der Waals surface area contributed by atoms with Crippen molar-refractivity contribution in [1.82, 2.24) is 13.9 Å². The number of nitrogens with zero attached hydrogens (tertiary/aromatic N) is 3. The summed E-state index contributed by atoms with van der Waals surface area (Å²) in [6, 6.07) is 9.20. The molecule has 0 radical (unpaired) electrons. The molecular weight excluding hydrogens is 398 g/mol. The van der Waals surface area contributed by atoms with Crippen molar-refractivity contribution >= 4 is 11.5 Å². The van der Waals surface area contributed by atoms with E-state index in [-0.39, 0.29) is 23.4 Å². The topological polar surface area (TPSA) is 93.2 Å². The van der Waals surface area contributed by atoms with Crippen LogP contribution in [-0.2, 0) is 13.2 Å². The molecule has 0 amide bonds. The van der Waals surface area contributed by atoms with Crippen LogP contribution in [0.15, 0.2) is 58.5 Å². The van der Waals surface area contributed by atoms with Gasteiger partial charge in [0.2, 0.25) is 5.43 Å². The Balaban J connectivity index is 1.72. The maximum absolute atomic E-state index is 13.2. The second kappa shape index (κ2) is 9.18. The van der Waals surface area contributed by atoms with Crippen molar-refractivity contribution in [3.63, 3.8) is 0 Å². The van der Waals surface area contributed by atoms with Gasteiger partial charge in [0.25, 0.3) is 5.56 Å². The maximum atomic E-state index is 13.2. The van der Waals surface area contributed by atoms with Crippen LogP contribution in [0.25, 0.3) is 5.52 Å². The lowest BCUT2D eigenvalue weighted by Crippen LogP contribution is -2.35. The van der Waals surface area contributed by atoms with Crippen molar-refractivity contribution in [3.05, 3.63) is 80.6 Å². The molecule has 8 heteroatoms. The zero-order valence-corrected chi connectivity index (χ0v) is 17.2. The number of carboxylic acid groups (broad SMARTS) is 1. The first kappa shape index (κ1) is 20.9. The predicted octanol–water partition coefficient (Wildman–Crippen LogP) is 2.22. The zero-order valence-electron chi connectivity index (χ0n) is 17.2. The van der Waals surface area contributed by atoms with Gasteiger partial charge in [-0.25, -0.2) is 4.79 Å². The summed E-state index contributed by atoms with van der Waals surface area (Å²) >= 11 is 0. The van der Waals surface area contributed by atoms with E-state index >= 15 is 0 Å². The van der Waals surface area contributed by atoms with Crippen LogP contribution in [0.1, 0.15) is 35.2 Å². The number of piperidine rings is 1. The van der Waals surface area contributed by atoms with E-state index in [1.165, 1.54) is 17.0 Å². The van der Waals surface area contributed by atoms with Crippen molar-refractivity contribution in [1.29, 1.82) is 0 Å². The Morgan fingerprint density at radius 1 is 1.00 bits per heavy atom. The molecule has 1 aliphatic rings. The Kier molecular flexibility index (Phi) is 6.18. The average molecular weight is 423 g/mol. The molecule has 1 fully saturated rings. The van der Waals surface area contributed by atoms with Crippen LogP contribution < -0.4 is 15.7 Å². The summed E-state index contributed by atoms with van der Waals surface area (Å²) < 4.78 is 8.66. The van der Waals surface area contributed by atoms with Gasteiger partial charge in [-0.3, -0.25) is 9.59 Å². The first-order valence-electron chi connectivity index (χ1n) is 10.5. The number of ether oxygens (including phenoxy) is 1. The molecule has 4 rings (SSSR count). The Labute approximate surface area is 178 Å². The van der Waals surface area contributed by atoms with Crippen molar-refractivity contribution in [3.8, 4) is 5.75 Å². The lowest BCUT2D eigenvalue weighted by Gasteiger charge is -2.26. The predicted molar refractivity (Wildman–Crippen MR) is 116 cm³/mol. The highest BCUT2D eigenvalue weighted by atomic mass is 16.5. The van der Waals surface area contributed by atoms with E-state index in [4.69, 9.17) is 4.74 Å². The molecule has 0 atom stereocenters. The lowest BCUT2D eigenvalue weighted by atomic mass is 10.1. The van der Waals surface area contributed by atoms with Crippen molar-refractivity contribution in [2.45, 2.75) is 32.4 Å². The molecule has 0 saturated carbocycles. The largest absolute Gasteiger partial charge is 0.483 e. The van der Waals surface area contributed by atoms with Crippen LogP contribution in [0, 0.1) is 0 Å². The minimum Gasteiger partial charge on any atom is -0.483 e. The SMILES string of the molecule is O=C(O)c1cn2ccn(CCN3CCCCC3)c(=O)c2c(OCc2ccccc2)c1=O. The number of hydrogen-bond acceptors (Lipinski definition) is 5. The summed E-state index contributed by atoms with van der Waals surface area (Å²) in [6.07, 6.45) is 7.95. The van der Waals surface area contributed by atoms with Gasteiger partial charge in [-0.15, -0.1) is 0 Å². The van der Waals surface area contributed by atoms with Gasteiger partial charge in [0.15, 0.2) is 11.3 Å². The maximum Gasteiger partial charge on any atom is 0.341 e. The molecule has 8 nitrogen and oxygen atoms in total. The van der Waals surface area contributed by atoms with Crippen molar-refractivity contribution < 1.29 is 14.6 Å². The van der Waals surface area contributed by atoms with Gasteiger partial charge in [0.05, 0.1) is 0 Å². The number of carboxylic acids is 1. The van der Waals surface area contributed by atoms with E-state index < -0.39 is 17.0 Å². The summed E-state index contributed by atoms with van der Waals surface area (Å²) in [5.41, 5.74) is -0.758. The molecule has 3 heterocycles. The summed E-state index contributed by atoms with van der Waals surface area (Å²) in [6.45, 7) is 3.33. The molecule has 1 aliphatic heterocycles. The number of benzene rings is 1. The molecule has 3 aromatic rings. The fraction of sp³-hybridized carbons (Fsp3) is 0.348. The Bertz CT molecular complexity index is 1190. The molecule has 1 saturated heterocycles. The van der Waals surface area contributed by atoms with Gasteiger partial charge >= 0.3 is 5.97 Å². The third-order valence-corrected chi connectivity index (χ3v) is 5.63. The number of hydrogen-bond donors (Lipinski definition) is 1. The second-order valence-corrected chi connectivity index (χ2v) is 7.74. The fourth-order valence-electron chi connectivity index (χ4n) is 3.91. The van der Waals surface area contributed by atoms with E-state index in [0.717, 1.165) is 38.0 Å². The number of aromatic carboxylic acids is 1. The van der Waals surface area contributed by atoms with E-state index in [0.29, 0.717) is 6.54 Å². The molecule has 0 aliphatic carbocycles. The van der Waals surface area contributed by atoms with Crippen molar-refractivity contribution in [2.75, 3.05) is 19.6 Å². The van der Waals surface area contributed by atoms with Gasteiger partial charge in [0, 0.05) is 31.7 Å². The quantitative estimate of drug-likeness (QED) is 0.626. The highest BCUT2D eigenvalue weighted by molar-refractivity contribution is 5.88. The Morgan fingerprint density at radius 3 is 2.45 bits per heavy atom. The number of likely N-dealkylation sites (tertiary alicyclic amines) is 1. The molecule has 1 N–H and O–H groups in total. The Hall–Kier alpha value is -3.39. The van der Waals surface area contributed by atoms with Crippen molar-refractivity contribution in [2.24, 2.45) is 0 Å². The summed E-state index contributed by atoms with van der Waals surface area (Å²) in [5.74, 6) is -1.60. The third kappa shape index (κ3) is 4.54. The van der Waals surface area contributed by atoms with Crippen LogP contribution in [0.2, 0.25) is 0 Å². The number of aromatic nitrogens is 2. The first-order valence-corrected chi connectivity index (χ1v) is 10.5. The average Bonchev–Trinajstić information content (AvgIpc) is 2.79. The fourth-order valence-corrected chi connectivity index (χ4v) is 3.91. The van der Waals surface area contributed by atoms with Gasteiger partial charge in [-0.1, -0.05) is 36.8 Å².